The Balaban J connectivity index is 2.27. The second-order valence-corrected chi connectivity index (χ2v) is 5.60. The van der Waals surface area contributed by atoms with Gasteiger partial charge in [0.1, 0.15) is 5.82 Å². The Morgan fingerprint density at radius 3 is 2.78 bits per heavy atom. The lowest BCUT2D eigenvalue weighted by Crippen LogP contribution is -1.94. The van der Waals surface area contributed by atoms with Crippen LogP contribution in [0.3, 0.4) is 0 Å². The van der Waals surface area contributed by atoms with Crippen molar-refractivity contribution < 1.29 is 0 Å². The Bertz CT molecular complexity index is 745. The Hall–Kier alpha value is -1.23. The van der Waals surface area contributed by atoms with Gasteiger partial charge in [-0.1, -0.05) is 29.3 Å². The highest BCUT2D eigenvalue weighted by atomic mass is 35.5. The van der Waals surface area contributed by atoms with Gasteiger partial charge in [0.2, 0.25) is 0 Å². The van der Waals surface area contributed by atoms with Gasteiger partial charge in [0, 0.05) is 10.9 Å². The molecule has 0 bridgehead atoms. The molecule has 1 aromatic carbocycles. The van der Waals surface area contributed by atoms with E-state index < -0.39 is 0 Å². The summed E-state index contributed by atoms with van der Waals surface area (Å²) in [4.78, 5) is 5.28. The second-order valence-electron chi connectivity index (χ2n) is 3.95. The highest BCUT2D eigenvalue weighted by Crippen LogP contribution is 2.33. The largest absolute Gasteiger partial charge is 0.383 e. The van der Waals surface area contributed by atoms with E-state index in [9.17, 15) is 0 Å². The molecule has 0 amide bonds. The van der Waals surface area contributed by atoms with Crippen LogP contribution in [0.15, 0.2) is 23.6 Å². The number of hydrogen-bond donors (Lipinski definition) is 1. The highest BCUT2D eigenvalue weighted by molar-refractivity contribution is 7.15. The van der Waals surface area contributed by atoms with Crippen molar-refractivity contribution in [1.82, 2.24) is 9.38 Å². The molecule has 0 unspecified atom stereocenters. The number of fused-ring (bicyclic) bond motifs is 1. The molecular formula is C12H9Cl2N3S. The van der Waals surface area contributed by atoms with Gasteiger partial charge < -0.3 is 5.73 Å². The lowest BCUT2D eigenvalue weighted by atomic mass is 10.2. The first-order valence-corrected chi connectivity index (χ1v) is 6.89. The molecule has 2 heterocycles. The van der Waals surface area contributed by atoms with Crippen molar-refractivity contribution in [1.29, 1.82) is 0 Å². The van der Waals surface area contributed by atoms with Crippen LogP contribution in [-0.4, -0.2) is 9.38 Å². The minimum Gasteiger partial charge on any atom is -0.383 e. The molecule has 18 heavy (non-hydrogen) atoms. The maximum absolute atomic E-state index is 6.04. The third kappa shape index (κ3) is 1.68. The highest BCUT2D eigenvalue weighted by Gasteiger charge is 2.13. The van der Waals surface area contributed by atoms with Crippen molar-refractivity contribution in [3.05, 3.63) is 39.3 Å². The van der Waals surface area contributed by atoms with Gasteiger partial charge in [0.15, 0.2) is 4.96 Å². The summed E-state index contributed by atoms with van der Waals surface area (Å²) in [6, 6.07) is 5.54. The number of anilines is 1. The number of halogens is 2. The summed E-state index contributed by atoms with van der Waals surface area (Å²) in [7, 11) is 0. The van der Waals surface area contributed by atoms with Crippen LogP contribution < -0.4 is 5.73 Å². The molecule has 0 spiro atoms. The van der Waals surface area contributed by atoms with Crippen LogP contribution in [0.5, 0.6) is 0 Å². The van der Waals surface area contributed by atoms with Crippen molar-refractivity contribution in [2.75, 3.05) is 5.73 Å². The van der Waals surface area contributed by atoms with E-state index in [1.54, 1.807) is 17.4 Å². The lowest BCUT2D eigenvalue weighted by molar-refractivity contribution is 1.24. The van der Waals surface area contributed by atoms with E-state index in [-0.39, 0.29) is 0 Å². The summed E-state index contributed by atoms with van der Waals surface area (Å²) in [6.07, 6.45) is 0. The summed E-state index contributed by atoms with van der Waals surface area (Å²) >= 11 is 13.5. The van der Waals surface area contributed by atoms with Gasteiger partial charge in [-0.2, -0.15) is 0 Å². The van der Waals surface area contributed by atoms with Gasteiger partial charge in [-0.05, 0) is 19.1 Å². The molecule has 0 saturated carbocycles. The van der Waals surface area contributed by atoms with Gasteiger partial charge in [-0.3, -0.25) is 4.40 Å². The molecule has 0 radical (unpaired) electrons. The average Bonchev–Trinajstić information content (AvgIpc) is 2.85. The zero-order valence-electron chi connectivity index (χ0n) is 9.45. The van der Waals surface area contributed by atoms with Crippen LogP contribution in [0.25, 0.3) is 16.2 Å². The number of aryl methyl sites for hydroxylation is 1. The maximum atomic E-state index is 6.04. The first-order valence-electron chi connectivity index (χ1n) is 5.25. The molecule has 92 valence electrons. The summed E-state index contributed by atoms with van der Waals surface area (Å²) in [5.74, 6) is 0.660. The SMILES string of the molecule is Cc1nc2scc(-c3ccc(Cl)c(Cl)c3)n2c1N. The third-order valence-corrected chi connectivity index (χ3v) is 4.36. The normalized spacial score (nSPS) is 11.3. The molecule has 3 rings (SSSR count). The van der Waals surface area contributed by atoms with Crippen LogP contribution in [0.1, 0.15) is 5.69 Å². The topological polar surface area (TPSA) is 43.3 Å². The maximum Gasteiger partial charge on any atom is 0.196 e. The Morgan fingerprint density at radius 1 is 1.28 bits per heavy atom. The number of imidazole rings is 1. The van der Waals surface area contributed by atoms with Gasteiger partial charge in [-0.25, -0.2) is 4.98 Å². The van der Waals surface area contributed by atoms with Crippen LogP contribution in [0.2, 0.25) is 10.0 Å². The monoisotopic (exact) mass is 297 g/mol. The molecule has 2 N–H and O–H groups in total. The van der Waals surface area contributed by atoms with Crippen molar-refractivity contribution in [3.63, 3.8) is 0 Å². The minimum absolute atomic E-state index is 0.531. The molecule has 0 aliphatic heterocycles. The van der Waals surface area contributed by atoms with E-state index in [1.807, 2.05) is 28.8 Å². The fourth-order valence-electron chi connectivity index (χ4n) is 1.84. The summed E-state index contributed by atoms with van der Waals surface area (Å²) in [6.45, 7) is 1.90. The number of benzene rings is 1. The van der Waals surface area contributed by atoms with E-state index in [4.69, 9.17) is 28.9 Å². The molecule has 2 aromatic heterocycles. The first kappa shape index (κ1) is 11.8. The third-order valence-electron chi connectivity index (χ3n) is 2.80. The Morgan fingerprint density at radius 2 is 2.06 bits per heavy atom. The number of aromatic nitrogens is 2. The standard InChI is InChI=1S/C12H9Cl2N3S/c1-6-11(15)17-10(5-18-12(17)16-6)7-2-3-8(13)9(14)4-7/h2-5H,15H2,1H3. The smallest absolute Gasteiger partial charge is 0.196 e. The second kappa shape index (κ2) is 4.16. The number of rotatable bonds is 1. The fourth-order valence-corrected chi connectivity index (χ4v) is 3.09. The Kier molecular flexibility index (Phi) is 2.73. The van der Waals surface area contributed by atoms with E-state index >= 15 is 0 Å². The van der Waals surface area contributed by atoms with E-state index in [0.29, 0.717) is 15.9 Å². The van der Waals surface area contributed by atoms with Crippen molar-refractivity contribution in [3.8, 4) is 11.3 Å². The minimum atomic E-state index is 0.531. The summed E-state index contributed by atoms with van der Waals surface area (Å²) < 4.78 is 1.93. The first-order chi connectivity index (χ1) is 8.58. The number of thiazole rings is 1. The predicted molar refractivity (Wildman–Crippen MR) is 77.7 cm³/mol. The molecule has 0 aliphatic carbocycles. The van der Waals surface area contributed by atoms with Gasteiger partial charge >= 0.3 is 0 Å². The Labute approximate surface area is 118 Å². The zero-order chi connectivity index (χ0) is 12.9. The zero-order valence-corrected chi connectivity index (χ0v) is 11.8. The number of nitrogens with two attached hydrogens (primary N) is 1. The van der Waals surface area contributed by atoms with Crippen molar-refractivity contribution in [2.45, 2.75) is 6.92 Å². The molecule has 3 nitrogen and oxygen atoms in total. The van der Waals surface area contributed by atoms with E-state index in [1.165, 1.54) is 0 Å². The number of nitrogen functional groups attached to an aromatic ring is 1. The van der Waals surface area contributed by atoms with Crippen LogP contribution >= 0.6 is 34.5 Å². The molecule has 6 heteroatoms. The lowest BCUT2D eigenvalue weighted by Gasteiger charge is -2.03. The molecule has 0 fully saturated rings. The van der Waals surface area contributed by atoms with Gasteiger partial charge in [-0.15, -0.1) is 11.3 Å². The van der Waals surface area contributed by atoms with Crippen LogP contribution in [0, 0.1) is 6.92 Å². The van der Waals surface area contributed by atoms with Crippen molar-refractivity contribution in [2.24, 2.45) is 0 Å². The number of nitrogens with zero attached hydrogens (tertiary/aromatic N) is 2. The summed E-state index contributed by atoms with van der Waals surface area (Å²) in [5, 5.41) is 3.09. The van der Waals surface area contributed by atoms with Gasteiger partial charge in [0.05, 0.1) is 21.4 Å². The van der Waals surface area contributed by atoms with E-state index in [2.05, 4.69) is 4.98 Å². The predicted octanol–water partition coefficient (Wildman–Crippen LogP) is 4.26. The average molecular weight is 298 g/mol. The molecule has 0 atom stereocenters. The van der Waals surface area contributed by atoms with Gasteiger partial charge in [0.25, 0.3) is 0 Å². The molecule has 0 aliphatic rings. The summed E-state index contributed by atoms with van der Waals surface area (Å²) in [5.41, 5.74) is 8.82. The molecular weight excluding hydrogens is 289 g/mol. The molecule has 3 aromatic rings. The van der Waals surface area contributed by atoms with E-state index in [0.717, 1.165) is 21.9 Å². The number of hydrogen-bond acceptors (Lipinski definition) is 3. The quantitative estimate of drug-likeness (QED) is 0.729. The van der Waals surface area contributed by atoms with Crippen LogP contribution in [-0.2, 0) is 0 Å². The van der Waals surface area contributed by atoms with Crippen molar-refractivity contribution >= 4 is 45.3 Å². The van der Waals surface area contributed by atoms with Crippen LogP contribution in [0.4, 0.5) is 5.82 Å². The molecule has 0 saturated heterocycles. The fraction of sp³-hybridized carbons (Fsp3) is 0.0833.